The zero-order chi connectivity index (χ0) is 12.4. The summed E-state index contributed by atoms with van der Waals surface area (Å²) in [7, 11) is 0. The Morgan fingerprint density at radius 3 is 2.50 bits per heavy atom. The zero-order valence-corrected chi connectivity index (χ0v) is 10.7. The standard InChI is InChI=1S/C13H21N5/c14-17-11-9-12(16-10-15-11)18-7-5-13(6-8-18)3-1-2-4-13/h9-10H,1-8,14H2,(H,15,16,17). The molecule has 0 amide bonds. The van der Waals surface area contributed by atoms with E-state index in [9.17, 15) is 0 Å². The summed E-state index contributed by atoms with van der Waals surface area (Å²) in [6.45, 7) is 2.22. The summed E-state index contributed by atoms with van der Waals surface area (Å²) in [4.78, 5) is 10.7. The smallest absolute Gasteiger partial charge is 0.145 e. The average molecular weight is 247 g/mol. The number of hydrazine groups is 1. The first kappa shape index (κ1) is 11.7. The number of hydrogen-bond acceptors (Lipinski definition) is 5. The van der Waals surface area contributed by atoms with E-state index in [0.717, 1.165) is 18.9 Å². The number of rotatable bonds is 2. The molecule has 3 N–H and O–H groups in total. The van der Waals surface area contributed by atoms with E-state index in [-0.39, 0.29) is 0 Å². The lowest BCUT2D eigenvalue weighted by atomic mass is 9.77. The zero-order valence-electron chi connectivity index (χ0n) is 10.7. The summed E-state index contributed by atoms with van der Waals surface area (Å²) in [5, 5.41) is 0. The van der Waals surface area contributed by atoms with Crippen LogP contribution in [0, 0.1) is 5.41 Å². The van der Waals surface area contributed by atoms with Gasteiger partial charge in [-0.25, -0.2) is 15.8 Å². The molecule has 0 bridgehead atoms. The van der Waals surface area contributed by atoms with Gasteiger partial charge >= 0.3 is 0 Å². The third-order valence-corrected chi connectivity index (χ3v) is 4.61. The molecule has 5 heteroatoms. The lowest BCUT2D eigenvalue weighted by Gasteiger charge is -2.39. The van der Waals surface area contributed by atoms with Crippen molar-refractivity contribution in [3.05, 3.63) is 12.4 Å². The topological polar surface area (TPSA) is 67.1 Å². The molecular formula is C13H21N5. The molecule has 0 radical (unpaired) electrons. The molecule has 5 nitrogen and oxygen atoms in total. The highest BCUT2D eigenvalue weighted by Gasteiger charge is 2.37. The van der Waals surface area contributed by atoms with Crippen molar-refractivity contribution in [1.82, 2.24) is 9.97 Å². The van der Waals surface area contributed by atoms with Crippen LogP contribution in [0.5, 0.6) is 0 Å². The molecular weight excluding hydrogens is 226 g/mol. The third kappa shape index (κ3) is 2.14. The van der Waals surface area contributed by atoms with Gasteiger partial charge in [0.15, 0.2) is 0 Å². The van der Waals surface area contributed by atoms with Crippen LogP contribution in [0.3, 0.4) is 0 Å². The van der Waals surface area contributed by atoms with Crippen LogP contribution >= 0.6 is 0 Å². The Morgan fingerprint density at radius 2 is 1.83 bits per heavy atom. The van der Waals surface area contributed by atoms with Crippen LogP contribution in [0.25, 0.3) is 0 Å². The van der Waals surface area contributed by atoms with Gasteiger partial charge in [-0.3, -0.25) is 0 Å². The summed E-state index contributed by atoms with van der Waals surface area (Å²) < 4.78 is 0. The highest BCUT2D eigenvalue weighted by molar-refractivity contribution is 5.48. The number of aromatic nitrogens is 2. The summed E-state index contributed by atoms with van der Waals surface area (Å²) in [5.74, 6) is 7.06. The van der Waals surface area contributed by atoms with Gasteiger partial charge in [0.25, 0.3) is 0 Å². The van der Waals surface area contributed by atoms with Gasteiger partial charge in [0.2, 0.25) is 0 Å². The van der Waals surface area contributed by atoms with E-state index in [4.69, 9.17) is 5.84 Å². The van der Waals surface area contributed by atoms with E-state index in [0.29, 0.717) is 11.2 Å². The van der Waals surface area contributed by atoms with E-state index in [1.807, 2.05) is 6.07 Å². The van der Waals surface area contributed by atoms with Crippen molar-refractivity contribution in [3.8, 4) is 0 Å². The van der Waals surface area contributed by atoms with Crippen LogP contribution in [-0.2, 0) is 0 Å². The highest BCUT2D eigenvalue weighted by Crippen LogP contribution is 2.46. The van der Waals surface area contributed by atoms with Crippen molar-refractivity contribution in [3.63, 3.8) is 0 Å². The van der Waals surface area contributed by atoms with Gasteiger partial charge in [0.05, 0.1) is 0 Å². The van der Waals surface area contributed by atoms with Crippen molar-refractivity contribution in [2.45, 2.75) is 38.5 Å². The molecule has 0 atom stereocenters. The molecule has 3 rings (SSSR count). The van der Waals surface area contributed by atoms with Crippen molar-refractivity contribution in [1.29, 1.82) is 0 Å². The molecule has 1 saturated heterocycles. The molecule has 1 spiro atoms. The fourth-order valence-electron chi connectivity index (χ4n) is 3.43. The average Bonchev–Trinajstić information content (AvgIpc) is 2.88. The summed E-state index contributed by atoms with van der Waals surface area (Å²) >= 11 is 0. The number of nitrogen functional groups attached to an aromatic ring is 1. The maximum atomic E-state index is 5.38. The van der Waals surface area contributed by atoms with Crippen molar-refractivity contribution < 1.29 is 0 Å². The Bertz CT molecular complexity index is 404. The number of anilines is 2. The molecule has 1 aromatic rings. The van der Waals surface area contributed by atoms with Crippen LogP contribution < -0.4 is 16.2 Å². The Balaban J connectivity index is 1.68. The molecule has 1 saturated carbocycles. The first-order valence-electron chi connectivity index (χ1n) is 6.85. The SMILES string of the molecule is NNc1cc(N2CCC3(CCCC3)CC2)ncn1. The molecule has 98 valence electrons. The molecule has 2 aliphatic rings. The van der Waals surface area contributed by atoms with Crippen molar-refractivity contribution in [2.75, 3.05) is 23.4 Å². The van der Waals surface area contributed by atoms with E-state index in [1.54, 1.807) is 6.33 Å². The Hall–Kier alpha value is -1.36. The minimum absolute atomic E-state index is 0.651. The lowest BCUT2D eigenvalue weighted by Crippen LogP contribution is -2.39. The van der Waals surface area contributed by atoms with E-state index < -0.39 is 0 Å². The number of piperidine rings is 1. The summed E-state index contributed by atoms with van der Waals surface area (Å²) in [6.07, 6.45) is 9.90. The van der Waals surface area contributed by atoms with Crippen LogP contribution in [0.15, 0.2) is 12.4 Å². The molecule has 2 fully saturated rings. The van der Waals surface area contributed by atoms with Gasteiger partial charge in [0.1, 0.15) is 18.0 Å². The molecule has 0 unspecified atom stereocenters. The first-order valence-corrected chi connectivity index (χ1v) is 6.85. The maximum Gasteiger partial charge on any atom is 0.145 e. The number of nitrogens with two attached hydrogens (primary N) is 1. The predicted molar refractivity (Wildman–Crippen MR) is 72.2 cm³/mol. The van der Waals surface area contributed by atoms with Gasteiger partial charge in [-0.1, -0.05) is 12.8 Å². The van der Waals surface area contributed by atoms with Crippen LogP contribution in [-0.4, -0.2) is 23.1 Å². The monoisotopic (exact) mass is 247 g/mol. The fourth-order valence-corrected chi connectivity index (χ4v) is 3.43. The van der Waals surface area contributed by atoms with Crippen molar-refractivity contribution in [2.24, 2.45) is 11.3 Å². The van der Waals surface area contributed by atoms with Crippen LogP contribution in [0.4, 0.5) is 11.6 Å². The number of hydrogen-bond donors (Lipinski definition) is 2. The lowest BCUT2D eigenvalue weighted by molar-refractivity contribution is 0.226. The van der Waals surface area contributed by atoms with Gasteiger partial charge in [-0.15, -0.1) is 0 Å². The minimum Gasteiger partial charge on any atom is -0.356 e. The van der Waals surface area contributed by atoms with Gasteiger partial charge < -0.3 is 10.3 Å². The Labute approximate surface area is 108 Å². The van der Waals surface area contributed by atoms with Crippen LogP contribution in [0.1, 0.15) is 38.5 Å². The van der Waals surface area contributed by atoms with Crippen molar-refractivity contribution >= 4 is 11.6 Å². The first-order chi connectivity index (χ1) is 8.81. The molecule has 0 aromatic carbocycles. The van der Waals surface area contributed by atoms with Gasteiger partial charge in [0, 0.05) is 19.2 Å². The number of nitrogens with one attached hydrogen (secondary N) is 1. The second-order valence-corrected chi connectivity index (χ2v) is 5.60. The fraction of sp³-hybridized carbons (Fsp3) is 0.692. The van der Waals surface area contributed by atoms with E-state index >= 15 is 0 Å². The highest BCUT2D eigenvalue weighted by atomic mass is 15.3. The summed E-state index contributed by atoms with van der Waals surface area (Å²) in [6, 6.07) is 1.92. The number of nitrogens with zero attached hydrogens (tertiary/aromatic N) is 3. The molecule has 2 heterocycles. The molecule has 1 aromatic heterocycles. The quantitative estimate of drug-likeness (QED) is 0.617. The predicted octanol–water partition coefficient (Wildman–Crippen LogP) is 1.92. The van der Waals surface area contributed by atoms with E-state index in [2.05, 4.69) is 20.3 Å². The maximum absolute atomic E-state index is 5.38. The second-order valence-electron chi connectivity index (χ2n) is 5.60. The molecule has 1 aliphatic heterocycles. The van der Waals surface area contributed by atoms with Gasteiger partial charge in [-0.05, 0) is 31.1 Å². The summed E-state index contributed by atoms with van der Waals surface area (Å²) in [5.41, 5.74) is 3.23. The van der Waals surface area contributed by atoms with Gasteiger partial charge in [-0.2, -0.15) is 0 Å². The third-order valence-electron chi connectivity index (χ3n) is 4.61. The minimum atomic E-state index is 0.651. The van der Waals surface area contributed by atoms with E-state index in [1.165, 1.54) is 38.5 Å². The largest absolute Gasteiger partial charge is 0.356 e. The normalized spacial score (nSPS) is 22.4. The van der Waals surface area contributed by atoms with Crippen LogP contribution in [0.2, 0.25) is 0 Å². The molecule has 18 heavy (non-hydrogen) atoms. The Morgan fingerprint density at radius 1 is 1.11 bits per heavy atom. The molecule has 1 aliphatic carbocycles. The second kappa shape index (κ2) is 4.72. The Kier molecular flexibility index (Phi) is 3.07.